The Labute approximate surface area is 133 Å². The Morgan fingerprint density at radius 2 is 2.00 bits per heavy atom. The maximum absolute atomic E-state index is 10.7. The first kappa shape index (κ1) is 15.9. The van der Waals surface area contributed by atoms with Crippen LogP contribution in [-0.2, 0) is 6.42 Å². The Bertz CT molecular complexity index is 737. The molecule has 1 heterocycles. The zero-order chi connectivity index (χ0) is 16.1. The lowest BCUT2D eigenvalue weighted by Gasteiger charge is -2.00. The number of hydrogen-bond acceptors (Lipinski definition) is 4. The molecule has 0 aliphatic rings. The van der Waals surface area contributed by atoms with Crippen LogP contribution < -0.4 is 0 Å². The number of allylic oxidation sites excluding steroid dienone is 1. The van der Waals surface area contributed by atoms with Crippen molar-refractivity contribution < 1.29 is 4.92 Å². The maximum Gasteiger partial charge on any atom is 0.269 e. The summed E-state index contributed by atoms with van der Waals surface area (Å²) in [6, 6.07) is 12.3. The van der Waals surface area contributed by atoms with E-state index in [4.69, 9.17) is 0 Å². The molecule has 0 aliphatic carbocycles. The molecule has 0 radical (unpaired) electrons. The first-order valence-corrected chi connectivity index (χ1v) is 7.76. The van der Waals surface area contributed by atoms with E-state index in [1.54, 1.807) is 23.5 Å². The summed E-state index contributed by atoms with van der Waals surface area (Å²) in [5.41, 5.74) is 1.22. The average molecular weight is 312 g/mol. The van der Waals surface area contributed by atoms with Crippen LogP contribution in [0.3, 0.4) is 0 Å². The maximum atomic E-state index is 10.7. The van der Waals surface area contributed by atoms with Crippen LogP contribution in [0, 0.1) is 27.4 Å². The number of nitro benzene ring substituents is 1. The number of nitrogens with zero attached hydrogens (tertiary/aromatic N) is 2. The molecule has 0 bridgehead atoms. The average Bonchev–Trinajstić information content (AvgIpc) is 2.91. The predicted octanol–water partition coefficient (Wildman–Crippen LogP) is 4.92. The van der Waals surface area contributed by atoms with Gasteiger partial charge in [0.25, 0.3) is 5.69 Å². The van der Waals surface area contributed by atoms with Crippen LogP contribution in [0.2, 0.25) is 0 Å². The van der Waals surface area contributed by atoms with E-state index < -0.39 is 4.92 Å². The van der Waals surface area contributed by atoms with Gasteiger partial charge < -0.3 is 0 Å². The van der Waals surface area contributed by atoms with Crippen molar-refractivity contribution in [1.82, 2.24) is 0 Å². The van der Waals surface area contributed by atoms with Gasteiger partial charge in [0.15, 0.2) is 0 Å². The van der Waals surface area contributed by atoms with Crippen LogP contribution in [0.15, 0.2) is 36.4 Å². The molecule has 0 fully saturated rings. The summed E-state index contributed by atoms with van der Waals surface area (Å²) in [7, 11) is 0. The van der Waals surface area contributed by atoms with E-state index in [9.17, 15) is 15.4 Å². The molecular formula is C17H16N2O2S. The molecule has 0 saturated carbocycles. The minimum Gasteiger partial charge on any atom is -0.258 e. The summed E-state index contributed by atoms with van der Waals surface area (Å²) < 4.78 is 0. The lowest BCUT2D eigenvalue weighted by atomic mass is 10.1. The standard InChI is InChI=1S/C17H16N2O2S/c1-12(2)9-16-7-8-17(22-16)10-14(11-18)13-3-5-15(6-4-13)19(20)21/h3-8,10,12H,9H2,1-2H3/b14-10+. The molecule has 112 valence electrons. The van der Waals surface area contributed by atoms with Crippen molar-refractivity contribution in [2.75, 3.05) is 0 Å². The Balaban J connectivity index is 2.25. The quantitative estimate of drug-likeness (QED) is 0.447. The van der Waals surface area contributed by atoms with Crippen LogP contribution in [0.5, 0.6) is 0 Å². The van der Waals surface area contributed by atoms with Crippen molar-refractivity contribution >= 4 is 28.7 Å². The van der Waals surface area contributed by atoms with Crippen LogP contribution >= 0.6 is 11.3 Å². The molecule has 22 heavy (non-hydrogen) atoms. The third-order valence-corrected chi connectivity index (χ3v) is 4.14. The molecule has 0 spiro atoms. The topological polar surface area (TPSA) is 66.9 Å². The highest BCUT2D eigenvalue weighted by atomic mass is 32.1. The van der Waals surface area contributed by atoms with E-state index in [-0.39, 0.29) is 5.69 Å². The lowest BCUT2D eigenvalue weighted by Crippen LogP contribution is -1.89. The summed E-state index contributed by atoms with van der Waals surface area (Å²) in [6.07, 6.45) is 2.85. The third kappa shape index (κ3) is 4.03. The number of nitriles is 1. The minimum atomic E-state index is -0.447. The predicted molar refractivity (Wildman–Crippen MR) is 89.4 cm³/mol. The molecule has 0 atom stereocenters. The number of benzene rings is 1. The highest BCUT2D eigenvalue weighted by Crippen LogP contribution is 2.25. The molecule has 2 aromatic rings. The molecule has 0 unspecified atom stereocenters. The summed E-state index contributed by atoms with van der Waals surface area (Å²) in [6.45, 7) is 4.35. The lowest BCUT2D eigenvalue weighted by molar-refractivity contribution is -0.384. The second-order valence-electron chi connectivity index (χ2n) is 5.38. The molecule has 4 nitrogen and oxygen atoms in total. The van der Waals surface area contributed by atoms with Gasteiger partial charge in [0, 0.05) is 21.9 Å². The van der Waals surface area contributed by atoms with Crippen molar-refractivity contribution in [2.24, 2.45) is 5.92 Å². The minimum absolute atomic E-state index is 0.0244. The molecule has 5 heteroatoms. The zero-order valence-corrected chi connectivity index (χ0v) is 13.3. The van der Waals surface area contributed by atoms with Gasteiger partial charge in [-0.2, -0.15) is 5.26 Å². The monoisotopic (exact) mass is 312 g/mol. The molecule has 0 amide bonds. The molecule has 0 aliphatic heterocycles. The second-order valence-corrected chi connectivity index (χ2v) is 6.58. The fourth-order valence-electron chi connectivity index (χ4n) is 2.07. The molecular weight excluding hydrogens is 296 g/mol. The summed E-state index contributed by atoms with van der Waals surface area (Å²) in [5.74, 6) is 0.598. The van der Waals surface area contributed by atoms with E-state index in [1.165, 1.54) is 17.0 Å². The highest BCUT2D eigenvalue weighted by Gasteiger charge is 2.08. The van der Waals surface area contributed by atoms with Gasteiger partial charge in [0.05, 0.1) is 16.6 Å². The summed E-state index contributed by atoms with van der Waals surface area (Å²) in [5, 5.41) is 20.0. The second kappa shape index (κ2) is 7.01. The van der Waals surface area contributed by atoms with Crippen molar-refractivity contribution in [2.45, 2.75) is 20.3 Å². The van der Waals surface area contributed by atoms with Crippen LogP contribution in [0.25, 0.3) is 11.6 Å². The number of rotatable bonds is 5. The van der Waals surface area contributed by atoms with E-state index >= 15 is 0 Å². The Kier molecular flexibility index (Phi) is 5.08. The first-order chi connectivity index (χ1) is 10.5. The van der Waals surface area contributed by atoms with Crippen molar-refractivity contribution in [3.63, 3.8) is 0 Å². The van der Waals surface area contributed by atoms with Gasteiger partial charge in [-0.05, 0) is 48.2 Å². The van der Waals surface area contributed by atoms with Crippen LogP contribution in [0.4, 0.5) is 5.69 Å². The number of nitro groups is 1. The van der Waals surface area contributed by atoms with Crippen molar-refractivity contribution in [3.05, 3.63) is 61.8 Å². The van der Waals surface area contributed by atoms with Gasteiger partial charge in [0.1, 0.15) is 0 Å². The van der Waals surface area contributed by atoms with E-state index in [0.717, 1.165) is 11.3 Å². The molecule has 2 rings (SSSR count). The fraction of sp³-hybridized carbons (Fsp3) is 0.235. The van der Waals surface area contributed by atoms with E-state index in [1.807, 2.05) is 12.1 Å². The fourth-order valence-corrected chi connectivity index (χ4v) is 3.24. The Morgan fingerprint density at radius 3 is 2.55 bits per heavy atom. The normalized spacial score (nSPS) is 11.5. The van der Waals surface area contributed by atoms with Gasteiger partial charge in [0.2, 0.25) is 0 Å². The van der Waals surface area contributed by atoms with Crippen molar-refractivity contribution in [1.29, 1.82) is 5.26 Å². The van der Waals surface area contributed by atoms with Gasteiger partial charge in [-0.1, -0.05) is 13.8 Å². The van der Waals surface area contributed by atoms with Gasteiger partial charge in [-0.3, -0.25) is 10.1 Å². The van der Waals surface area contributed by atoms with Gasteiger partial charge in [-0.25, -0.2) is 0 Å². The molecule has 1 aromatic carbocycles. The third-order valence-electron chi connectivity index (χ3n) is 3.09. The number of thiophene rings is 1. The number of non-ortho nitro benzene ring substituents is 1. The zero-order valence-electron chi connectivity index (χ0n) is 12.4. The first-order valence-electron chi connectivity index (χ1n) is 6.95. The number of hydrogen-bond donors (Lipinski definition) is 0. The Morgan fingerprint density at radius 1 is 1.32 bits per heavy atom. The van der Waals surface area contributed by atoms with Gasteiger partial charge in [-0.15, -0.1) is 11.3 Å². The molecule has 0 N–H and O–H groups in total. The van der Waals surface area contributed by atoms with E-state index in [0.29, 0.717) is 17.1 Å². The smallest absolute Gasteiger partial charge is 0.258 e. The van der Waals surface area contributed by atoms with Crippen LogP contribution in [0.1, 0.15) is 29.2 Å². The molecule has 1 aromatic heterocycles. The SMILES string of the molecule is CC(C)Cc1ccc(/C=C(\C#N)c2ccc([N+](=O)[O-])cc2)s1. The molecule has 0 saturated heterocycles. The largest absolute Gasteiger partial charge is 0.269 e. The van der Waals surface area contributed by atoms with Crippen LogP contribution in [-0.4, -0.2) is 4.92 Å². The summed E-state index contributed by atoms with van der Waals surface area (Å²) >= 11 is 1.67. The Hall–Kier alpha value is -2.45. The van der Waals surface area contributed by atoms with Crippen molar-refractivity contribution in [3.8, 4) is 6.07 Å². The summed E-state index contributed by atoms with van der Waals surface area (Å²) in [4.78, 5) is 12.5. The van der Waals surface area contributed by atoms with E-state index in [2.05, 4.69) is 26.0 Å². The highest BCUT2D eigenvalue weighted by molar-refractivity contribution is 7.12. The van der Waals surface area contributed by atoms with Gasteiger partial charge >= 0.3 is 0 Å².